The summed E-state index contributed by atoms with van der Waals surface area (Å²) in [5, 5.41) is 0. The minimum atomic E-state index is -3.12. The molecule has 0 unspecified atom stereocenters. The minimum absolute atomic E-state index is 0.0411. The smallest absolute Gasteiger partial charge is 0.214 e. The lowest BCUT2D eigenvalue weighted by atomic mass is 10.4. The number of hydrogen-bond donors (Lipinski definition) is 0. The van der Waals surface area contributed by atoms with Gasteiger partial charge in [-0.2, -0.15) is 4.31 Å². The summed E-state index contributed by atoms with van der Waals surface area (Å²) in [5.41, 5.74) is 0. The van der Waals surface area contributed by atoms with Gasteiger partial charge in [-0.15, -0.1) is 0 Å². The van der Waals surface area contributed by atoms with Gasteiger partial charge in [0.05, 0.1) is 12.3 Å². The fourth-order valence-electron chi connectivity index (χ4n) is 1.53. The van der Waals surface area contributed by atoms with Crippen LogP contribution in [0.15, 0.2) is 0 Å². The van der Waals surface area contributed by atoms with Crippen LogP contribution in [0.2, 0.25) is 0 Å². The van der Waals surface area contributed by atoms with E-state index >= 15 is 0 Å². The second-order valence-electron chi connectivity index (χ2n) is 3.84. The van der Waals surface area contributed by atoms with Gasteiger partial charge in [-0.25, -0.2) is 8.42 Å². The first-order chi connectivity index (χ1) is 6.08. The summed E-state index contributed by atoms with van der Waals surface area (Å²) in [6.45, 7) is 0.503. The minimum Gasteiger partial charge on any atom is -0.298 e. The predicted molar refractivity (Wildman–Crippen MR) is 47.7 cm³/mol. The van der Waals surface area contributed by atoms with Crippen molar-refractivity contribution in [2.24, 2.45) is 5.92 Å². The van der Waals surface area contributed by atoms with E-state index in [0.717, 1.165) is 12.8 Å². The topological polar surface area (TPSA) is 54.5 Å². The number of carbonyl (C=O) groups is 1. The molecule has 74 valence electrons. The third-order valence-electron chi connectivity index (χ3n) is 2.53. The maximum Gasteiger partial charge on any atom is 0.214 e. The van der Waals surface area contributed by atoms with E-state index < -0.39 is 10.0 Å². The van der Waals surface area contributed by atoms with Gasteiger partial charge >= 0.3 is 0 Å². The number of hydrogen-bond acceptors (Lipinski definition) is 3. The fraction of sp³-hybridized carbons (Fsp3) is 0.875. The third kappa shape index (κ3) is 2.08. The van der Waals surface area contributed by atoms with Gasteiger partial charge in [-0.3, -0.25) is 4.79 Å². The second-order valence-corrected chi connectivity index (χ2v) is 5.86. The van der Waals surface area contributed by atoms with Crippen molar-refractivity contribution in [3.05, 3.63) is 0 Å². The molecule has 1 aliphatic heterocycles. The van der Waals surface area contributed by atoms with Gasteiger partial charge in [0.25, 0.3) is 0 Å². The molecular weight excluding hydrogens is 190 g/mol. The highest BCUT2D eigenvalue weighted by molar-refractivity contribution is 7.89. The maximum absolute atomic E-state index is 11.6. The standard InChI is InChI=1S/C8H13NO3S/c10-8-3-4-9(5-8)13(11,12)6-7-1-2-7/h7H,1-6H2. The summed E-state index contributed by atoms with van der Waals surface area (Å²) in [6.07, 6.45) is 2.45. The molecule has 1 saturated heterocycles. The Labute approximate surface area is 78.0 Å². The van der Waals surface area contributed by atoms with Crippen LogP contribution in [0, 0.1) is 5.92 Å². The lowest BCUT2D eigenvalue weighted by Gasteiger charge is -2.13. The van der Waals surface area contributed by atoms with Crippen LogP contribution in [0.5, 0.6) is 0 Å². The van der Waals surface area contributed by atoms with E-state index in [0.29, 0.717) is 18.9 Å². The molecule has 2 rings (SSSR count). The quantitative estimate of drug-likeness (QED) is 0.649. The molecule has 0 spiro atoms. The molecule has 2 aliphatic rings. The Morgan fingerprint density at radius 3 is 2.54 bits per heavy atom. The van der Waals surface area contributed by atoms with Gasteiger partial charge in [0.2, 0.25) is 10.0 Å². The van der Waals surface area contributed by atoms with Gasteiger partial charge < -0.3 is 0 Å². The van der Waals surface area contributed by atoms with Gasteiger partial charge in [0.1, 0.15) is 5.78 Å². The Morgan fingerprint density at radius 1 is 1.38 bits per heavy atom. The number of sulfonamides is 1. The first-order valence-corrected chi connectivity index (χ1v) is 6.18. The van der Waals surface area contributed by atoms with Crippen LogP contribution in [-0.2, 0) is 14.8 Å². The van der Waals surface area contributed by atoms with Crippen molar-refractivity contribution >= 4 is 15.8 Å². The van der Waals surface area contributed by atoms with Crippen molar-refractivity contribution in [2.75, 3.05) is 18.8 Å². The highest BCUT2D eigenvalue weighted by atomic mass is 32.2. The average Bonchev–Trinajstić information content (AvgIpc) is 2.70. The predicted octanol–water partition coefficient (Wildman–Crippen LogP) is 0.00100. The van der Waals surface area contributed by atoms with E-state index in [2.05, 4.69) is 0 Å². The fourth-order valence-corrected chi connectivity index (χ4v) is 3.38. The molecule has 1 aliphatic carbocycles. The van der Waals surface area contributed by atoms with Crippen molar-refractivity contribution in [1.82, 2.24) is 4.31 Å². The van der Waals surface area contributed by atoms with E-state index in [1.807, 2.05) is 0 Å². The summed E-state index contributed by atoms with van der Waals surface area (Å²) in [5.74, 6) is 0.653. The summed E-state index contributed by atoms with van der Waals surface area (Å²) < 4.78 is 24.5. The summed E-state index contributed by atoms with van der Waals surface area (Å²) in [6, 6.07) is 0. The van der Waals surface area contributed by atoms with Crippen molar-refractivity contribution in [3.8, 4) is 0 Å². The van der Waals surface area contributed by atoms with Gasteiger partial charge in [0, 0.05) is 13.0 Å². The summed E-state index contributed by atoms with van der Waals surface area (Å²) >= 11 is 0. The Hall–Kier alpha value is -0.420. The lowest BCUT2D eigenvalue weighted by molar-refractivity contribution is -0.116. The molecule has 0 amide bonds. The van der Waals surface area contributed by atoms with Crippen LogP contribution >= 0.6 is 0 Å². The third-order valence-corrected chi connectivity index (χ3v) is 4.52. The van der Waals surface area contributed by atoms with Gasteiger partial charge in [-0.1, -0.05) is 0 Å². The molecule has 1 heterocycles. The van der Waals surface area contributed by atoms with Crippen molar-refractivity contribution in [1.29, 1.82) is 0 Å². The lowest BCUT2D eigenvalue weighted by Crippen LogP contribution is -2.31. The Bertz CT molecular complexity index is 318. The molecule has 0 aromatic carbocycles. The molecule has 0 N–H and O–H groups in total. The summed E-state index contributed by atoms with van der Waals surface area (Å²) in [4.78, 5) is 10.9. The molecule has 2 fully saturated rings. The van der Waals surface area contributed by atoms with Crippen molar-refractivity contribution < 1.29 is 13.2 Å². The zero-order chi connectivity index (χ0) is 9.47. The molecule has 0 radical (unpaired) electrons. The Kier molecular flexibility index (Phi) is 2.15. The molecule has 0 aromatic heterocycles. The SMILES string of the molecule is O=C1CCN(S(=O)(=O)CC2CC2)C1. The number of carbonyl (C=O) groups excluding carboxylic acids is 1. The average molecular weight is 203 g/mol. The molecule has 1 saturated carbocycles. The van der Waals surface area contributed by atoms with E-state index in [1.165, 1.54) is 4.31 Å². The van der Waals surface area contributed by atoms with E-state index in [4.69, 9.17) is 0 Å². The monoisotopic (exact) mass is 203 g/mol. The highest BCUT2D eigenvalue weighted by Gasteiger charge is 2.35. The van der Waals surface area contributed by atoms with Crippen molar-refractivity contribution in [3.63, 3.8) is 0 Å². The first kappa shape index (κ1) is 9.15. The molecule has 13 heavy (non-hydrogen) atoms. The largest absolute Gasteiger partial charge is 0.298 e. The molecule has 5 heteroatoms. The summed E-state index contributed by atoms with van der Waals surface area (Å²) in [7, 11) is -3.12. The number of ketones is 1. The Balaban J connectivity index is 2.01. The number of Topliss-reactive ketones (excluding diaryl/α,β-unsaturated/α-hetero) is 1. The van der Waals surface area contributed by atoms with Gasteiger partial charge in [-0.05, 0) is 18.8 Å². The molecule has 4 nitrogen and oxygen atoms in total. The molecule has 0 atom stereocenters. The highest BCUT2D eigenvalue weighted by Crippen LogP contribution is 2.31. The van der Waals surface area contributed by atoms with E-state index in [-0.39, 0.29) is 18.1 Å². The second kappa shape index (κ2) is 3.06. The Morgan fingerprint density at radius 2 is 2.08 bits per heavy atom. The van der Waals surface area contributed by atoms with E-state index in [9.17, 15) is 13.2 Å². The van der Waals surface area contributed by atoms with Crippen LogP contribution in [0.4, 0.5) is 0 Å². The first-order valence-electron chi connectivity index (χ1n) is 4.57. The van der Waals surface area contributed by atoms with Crippen LogP contribution in [0.3, 0.4) is 0 Å². The number of rotatable bonds is 3. The normalized spacial score (nSPS) is 25.4. The maximum atomic E-state index is 11.6. The zero-order valence-electron chi connectivity index (χ0n) is 7.40. The zero-order valence-corrected chi connectivity index (χ0v) is 8.22. The molecule has 0 bridgehead atoms. The van der Waals surface area contributed by atoms with Crippen LogP contribution in [0.1, 0.15) is 19.3 Å². The van der Waals surface area contributed by atoms with Crippen LogP contribution in [0.25, 0.3) is 0 Å². The van der Waals surface area contributed by atoms with Crippen LogP contribution in [-0.4, -0.2) is 37.3 Å². The van der Waals surface area contributed by atoms with Crippen molar-refractivity contribution in [2.45, 2.75) is 19.3 Å². The molecule has 0 aromatic rings. The number of nitrogens with zero attached hydrogens (tertiary/aromatic N) is 1. The van der Waals surface area contributed by atoms with Gasteiger partial charge in [0.15, 0.2) is 0 Å². The molecular formula is C8H13NO3S. The van der Waals surface area contributed by atoms with E-state index in [1.54, 1.807) is 0 Å². The van der Waals surface area contributed by atoms with Crippen LogP contribution < -0.4 is 0 Å².